The van der Waals surface area contributed by atoms with E-state index in [1.165, 1.54) is 0 Å². The van der Waals surface area contributed by atoms with Gasteiger partial charge >= 0.3 is 0 Å². The standard InChI is InChI=1S/C20H24N2O4/c1-12-14(13-5-2-3-6-16(13)26-12)11-19(24)21-15-8-9-18(23)22-20(15)17-7-4-10-25-17/h2-3,5-6,15,17,20H,4,7-11H2,1H3,(H,21,24)(H,22,23)/t15-,17?,20-/m0/s1. The van der Waals surface area contributed by atoms with E-state index < -0.39 is 0 Å². The molecule has 26 heavy (non-hydrogen) atoms. The smallest absolute Gasteiger partial charge is 0.224 e. The van der Waals surface area contributed by atoms with Crippen LogP contribution in [0.2, 0.25) is 0 Å². The molecule has 2 aromatic rings. The molecule has 0 radical (unpaired) electrons. The molecule has 0 aliphatic carbocycles. The third-order valence-electron chi connectivity index (χ3n) is 5.39. The Bertz CT molecular complexity index is 822. The van der Waals surface area contributed by atoms with Gasteiger partial charge in [0.15, 0.2) is 0 Å². The second-order valence-corrected chi connectivity index (χ2v) is 7.17. The molecule has 3 atom stereocenters. The van der Waals surface area contributed by atoms with E-state index in [1.54, 1.807) is 0 Å². The Labute approximate surface area is 152 Å². The molecule has 0 bridgehead atoms. The Hall–Kier alpha value is -2.34. The first-order valence-corrected chi connectivity index (χ1v) is 9.29. The molecule has 138 valence electrons. The lowest BCUT2D eigenvalue weighted by molar-refractivity contribution is -0.128. The zero-order chi connectivity index (χ0) is 18.1. The van der Waals surface area contributed by atoms with Crippen LogP contribution < -0.4 is 10.6 Å². The van der Waals surface area contributed by atoms with Gasteiger partial charge in [0.2, 0.25) is 11.8 Å². The fourth-order valence-corrected chi connectivity index (χ4v) is 4.08. The molecule has 2 amide bonds. The Morgan fingerprint density at radius 3 is 2.96 bits per heavy atom. The van der Waals surface area contributed by atoms with Gasteiger partial charge in [-0.1, -0.05) is 18.2 Å². The number of hydrogen-bond donors (Lipinski definition) is 2. The van der Waals surface area contributed by atoms with Crippen molar-refractivity contribution in [3.8, 4) is 0 Å². The van der Waals surface area contributed by atoms with E-state index in [0.717, 1.165) is 41.7 Å². The molecule has 2 aliphatic rings. The van der Waals surface area contributed by atoms with Gasteiger partial charge < -0.3 is 19.8 Å². The van der Waals surface area contributed by atoms with Gasteiger partial charge in [0.05, 0.1) is 24.6 Å². The maximum absolute atomic E-state index is 12.7. The Kier molecular flexibility index (Phi) is 4.68. The number of furan rings is 1. The summed E-state index contributed by atoms with van der Waals surface area (Å²) in [4.78, 5) is 24.5. The summed E-state index contributed by atoms with van der Waals surface area (Å²) in [6, 6.07) is 7.51. The molecule has 2 fully saturated rings. The van der Waals surface area contributed by atoms with Gasteiger partial charge in [-0.25, -0.2) is 0 Å². The van der Waals surface area contributed by atoms with Crippen LogP contribution >= 0.6 is 0 Å². The first-order chi connectivity index (χ1) is 12.6. The van der Waals surface area contributed by atoms with Crippen molar-refractivity contribution in [2.75, 3.05) is 6.61 Å². The van der Waals surface area contributed by atoms with Gasteiger partial charge in [0, 0.05) is 24.0 Å². The van der Waals surface area contributed by atoms with Gasteiger partial charge in [-0.3, -0.25) is 9.59 Å². The number of benzene rings is 1. The summed E-state index contributed by atoms with van der Waals surface area (Å²) < 4.78 is 11.5. The number of aryl methyl sites for hydroxylation is 1. The minimum absolute atomic E-state index is 0.0129. The molecular weight excluding hydrogens is 332 g/mol. The molecule has 2 aliphatic heterocycles. The molecule has 6 heteroatoms. The summed E-state index contributed by atoms with van der Waals surface area (Å²) in [5.74, 6) is 0.755. The van der Waals surface area contributed by atoms with Crippen molar-refractivity contribution < 1.29 is 18.7 Å². The lowest BCUT2D eigenvalue weighted by Gasteiger charge is -2.36. The van der Waals surface area contributed by atoms with Crippen LogP contribution in [0.1, 0.15) is 37.0 Å². The highest BCUT2D eigenvalue weighted by molar-refractivity contribution is 5.89. The average molecular weight is 356 g/mol. The second-order valence-electron chi connectivity index (χ2n) is 7.17. The fourth-order valence-electron chi connectivity index (χ4n) is 4.08. The quantitative estimate of drug-likeness (QED) is 0.880. The number of rotatable bonds is 4. The van der Waals surface area contributed by atoms with Gasteiger partial charge in [-0.05, 0) is 32.3 Å². The van der Waals surface area contributed by atoms with Crippen LogP contribution in [0.5, 0.6) is 0 Å². The van der Waals surface area contributed by atoms with Crippen molar-refractivity contribution in [3.05, 3.63) is 35.6 Å². The van der Waals surface area contributed by atoms with Crippen molar-refractivity contribution in [1.82, 2.24) is 10.6 Å². The molecule has 1 aromatic carbocycles. The summed E-state index contributed by atoms with van der Waals surface area (Å²) >= 11 is 0. The number of nitrogens with one attached hydrogen (secondary N) is 2. The molecule has 4 rings (SSSR count). The van der Waals surface area contributed by atoms with Crippen LogP contribution in [0, 0.1) is 6.92 Å². The summed E-state index contributed by atoms with van der Waals surface area (Å²) in [7, 11) is 0. The summed E-state index contributed by atoms with van der Waals surface area (Å²) in [5, 5.41) is 7.12. The highest BCUT2D eigenvalue weighted by atomic mass is 16.5. The summed E-state index contributed by atoms with van der Waals surface area (Å²) in [6.45, 7) is 2.61. The van der Waals surface area contributed by atoms with E-state index in [4.69, 9.17) is 9.15 Å². The van der Waals surface area contributed by atoms with Crippen LogP contribution in [0.3, 0.4) is 0 Å². The van der Waals surface area contributed by atoms with Crippen LogP contribution in [-0.2, 0) is 20.7 Å². The predicted octanol–water partition coefficient (Wildman–Crippen LogP) is 2.23. The lowest BCUT2D eigenvalue weighted by Crippen LogP contribution is -2.60. The third kappa shape index (κ3) is 3.33. The van der Waals surface area contributed by atoms with Crippen molar-refractivity contribution in [1.29, 1.82) is 0 Å². The van der Waals surface area contributed by atoms with Gasteiger partial charge in [0.1, 0.15) is 11.3 Å². The summed E-state index contributed by atoms with van der Waals surface area (Å²) in [6.07, 6.45) is 3.25. The van der Waals surface area contributed by atoms with Crippen molar-refractivity contribution in [2.45, 2.75) is 57.2 Å². The molecule has 6 nitrogen and oxygen atoms in total. The SMILES string of the molecule is Cc1oc2ccccc2c1CC(=O)N[C@H]1CCC(=O)N[C@@H]1C1CCCO1. The van der Waals surface area contributed by atoms with E-state index >= 15 is 0 Å². The number of ether oxygens (including phenoxy) is 1. The van der Waals surface area contributed by atoms with Crippen molar-refractivity contribution in [2.24, 2.45) is 0 Å². The van der Waals surface area contributed by atoms with Gasteiger partial charge in [0.25, 0.3) is 0 Å². The number of para-hydroxylation sites is 1. The van der Waals surface area contributed by atoms with Gasteiger partial charge in [-0.2, -0.15) is 0 Å². The number of amides is 2. The van der Waals surface area contributed by atoms with Crippen molar-refractivity contribution in [3.63, 3.8) is 0 Å². The first-order valence-electron chi connectivity index (χ1n) is 9.29. The number of carbonyl (C=O) groups is 2. The highest BCUT2D eigenvalue weighted by Gasteiger charge is 2.37. The van der Waals surface area contributed by atoms with Crippen LogP contribution in [0.15, 0.2) is 28.7 Å². The minimum Gasteiger partial charge on any atom is -0.461 e. The fraction of sp³-hybridized carbons (Fsp3) is 0.500. The molecular formula is C20H24N2O4. The van der Waals surface area contributed by atoms with E-state index in [2.05, 4.69) is 10.6 Å². The molecule has 2 saturated heterocycles. The molecule has 0 spiro atoms. The lowest BCUT2D eigenvalue weighted by atomic mass is 9.92. The van der Waals surface area contributed by atoms with E-state index in [1.807, 2.05) is 31.2 Å². The van der Waals surface area contributed by atoms with Gasteiger partial charge in [-0.15, -0.1) is 0 Å². The minimum atomic E-state index is -0.148. The zero-order valence-corrected chi connectivity index (χ0v) is 14.9. The highest BCUT2D eigenvalue weighted by Crippen LogP contribution is 2.26. The third-order valence-corrected chi connectivity index (χ3v) is 5.39. The van der Waals surface area contributed by atoms with Crippen LogP contribution in [-0.4, -0.2) is 36.6 Å². The molecule has 0 saturated carbocycles. The Morgan fingerprint density at radius 2 is 2.15 bits per heavy atom. The Balaban J connectivity index is 1.47. The average Bonchev–Trinajstić information content (AvgIpc) is 3.25. The maximum atomic E-state index is 12.7. The molecule has 1 unspecified atom stereocenters. The van der Waals surface area contributed by atoms with Crippen LogP contribution in [0.25, 0.3) is 11.0 Å². The van der Waals surface area contributed by atoms with E-state index in [9.17, 15) is 9.59 Å². The predicted molar refractivity (Wildman–Crippen MR) is 96.7 cm³/mol. The first kappa shape index (κ1) is 17.1. The molecule has 1 aromatic heterocycles. The second kappa shape index (κ2) is 7.11. The summed E-state index contributed by atoms with van der Waals surface area (Å²) in [5.41, 5.74) is 1.72. The number of hydrogen-bond acceptors (Lipinski definition) is 4. The molecule has 3 heterocycles. The number of fused-ring (bicyclic) bond motifs is 1. The van der Waals surface area contributed by atoms with Crippen LogP contribution in [0.4, 0.5) is 0 Å². The number of piperidine rings is 1. The molecule has 2 N–H and O–H groups in total. The number of carbonyl (C=O) groups excluding carboxylic acids is 2. The Morgan fingerprint density at radius 1 is 1.31 bits per heavy atom. The maximum Gasteiger partial charge on any atom is 0.224 e. The largest absolute Gasteiger partial charge is 0.461 e. The normalized spacial score (nSPS) is 26.0. The monoisotopic (exact) mass is 356 g/mol. The van der Waals surface area contributed by atoms with Crippen molar-refractivity contribution >= 4 is 22.8 Å². The topological polar surface area (TPSA) is 80.6 Å². The van der Waals surface area contributed by atoms with E-state index in [-0.39, 0.29) is 36.4 Å². The van der Waals surface area contributed by atoms with E-state index in [0.29, 0.717) is 12.8 Å². The zero-order valence-electron chi connectivity index (χ0n) is 14.9.